The molecule has 0 saturated heterocycles. The normalized spacial score (nSPS) is 10.5. The van der Waals surface area contributed by atoms with Crippen molar-refractivity contribution in [2.24, 2.45) is 0 Å². The molecule has 0 radical (unpaired) electrons. The van der Waals surface area contributed by atoms with Crippen LogP contribution in [0.3, 0.4) is 0 Å². The van der Waals surface area contributed by atoms with Crippen LogP contribution in [0.5, 0.6) is 0 Å². The van der Waals surface area contributed by atoms with Gasteiger partial charge in [0.15, 0.2) is 0 Å². The highest BCUT2D eigenvalue weighted by Crippen LogP contribution is 2.10. The average molecular weight is 296 g/mol. The van der Waals surface area contributed by atoms with E-state index < -0.39 is 0 Å². The van der Waals surface area contributed by atoms with E-state index in [4.69, 9.17) is 0 Å². The first-order valence-corrected chi connectivity index (χ1v) is 7.01. The Hall–Kier alpha value is -3.02. The molecule has 4 N–H and O–H groups in total. The molecule has 0 bridgehead atoms. The number of benzene rings is 2. The second kappa shape index (κ2) is 6.17. The fourth-order valence-electron chi connectivity index (χ4n) is 2.25. The summed E-state index contributed by atoms with van der Waals surface area (Å²) in [6.07, 6.45) is 0.686. The van der Waals surface area contributed by atoms with Crippen LogP contribution in [-0.2, 0) is 6.42 Å². The average Bonchev–Trinajstić information content (AvgIpc) is 2.87. The Bertz CT molecular complexity index is 836. The third-order valence-corrected chi connectivity index (χ3v) is 3.31. The molecule has 0 unspecified atom stereocenters. The zero-order valence-electron chi connectivity index (χ0n) is 11.8. The number of carbonyl (C=O) groups is 1. The summed E-state index contributed by atoms with van der Waals surface area (Å²) < 4.78 is 0. The lowest BCUT2D eigenvalue weighted by molar-refractivity contribution is 0.252. The topological polar surface area (TPSA) is 89.8 Å². The van der Waals surface area contributed by atoms with Gasteiger partial charge in [0.1, 0.15) is 0 Å². The molecule has 1 aromatic heterocycles. The lowest BCUT2D eigenvalue weighted by Gasteiger charge is -2.07. The maximum atomic E-state index is 11.7. The predicted octanol–water partition coefficient (Wildman–Crippen LogP) is 2.22. The number of H-pyrrole nitrogens is 2. The summed E-state index contributed by atoms with van der Waals surface area (Å²) in [5, 5.41) is 5.56. The quantitative estimate of drug-likeness (QED) is 0.594. The second-order valence-corrected chi connectivity index (χ2v) is 4.96. The summed E-state index contributed by atoms with van der Waals surface area (Å²) in [4.78, 5) is 28.4. The SMILES string of the molecule is O=C(NCCc1ccc2[nH]c(=O)[nH]c2c1)Nc1ccccc1. The maximum Gasteiger partial charge on any atom is 0.323 e. The number of nitrogens with one attached hydrogen (secondary N) is 4. The number of imidazole rings is 1. The van der Waals surface area contributed by atoms with Crippen molar-refractivity contribution in [3.05, 3.63) is 64.6 Å². The molecular weight excluding hydrogens is 280 g/mol. The molecule has 22 heavy (non-hydrogen) atoms. The monoisotopic (exact) mass is 296 g/mol. The molecule has 112 valence electrons. The van der Waals surface area contributed by atoms with Crippen LogP contribution in [0.15, 0.2) is 53.3 Å². The molecule has 1 heterocycles. The van der Waals surface area contributed by atoms with Crippen LogP contribution < -0.4 is 16.3 Å². The third-order valence-electron chi connectivity index (χ3n) is 3.31. The molecule has 0 aliphatic heterocycles. The Morgan fingerprint density at radius 2 is 1.77 bits per heavy atom. The molecule has 2 amide bonds. The van der Waals surface area contributed by atoms with Gasteiger partial charge in [-0.05, 0) is 36.2 Å². The molecule has 0 saturated carbocycles. The van der Waals surface area contributed by atoms with Crippen molar-refractivity contribution in [1.82, 2.24) is 15.3 Å². The van der Waals surface area contributed by atoms with E-state index in [1.165, 1.54) is 0 Å². The number of rotatable bonds is 4. The number of amides is 2. The first-order valence-electron chi connectivity index (χ1n) is 7.01. The highest BCUT2D eigenvalue weighted by Gasteiger charge is 2.02. The number of aromatic amines is 2. The Kier molecular flexibility index (Phi) is 3.91. The standard InChI is InChI=1S/C16H16N4O2/c21-15(18-12-4-2-1-3-5-12)17-9-8-11-6-7-13-14(10-11)20-16(22)19-13/h1-7,10H,8-9H2,(H2,17,18,21)(H2,19,20,22). The fraction of sp³-hybridized carbons (Fsp3) is 0.125. The molecule has 3 rings (SSSR count). The van der Waals surface area contributed by atoms with E-state index in [-0.39, 0.29) is 11.7 Å². The van der Waals surface area contributed by atoms with Gasteiger partial charge >= 0.3 is 11.7 Å². The van der Waals surface area contributed by atoms with Gasteiger partial charge in [0, 0.05) is 12.2 Å². The predicted molar refractivity (Wildman–Crippen MR) is 86.1 cm³/mol. The molecule has 0 spiro atoms. The molecule has 2 aromatic carbocycles. The summed E-state index contributed by atoms with van der Waals surface area (Å²) >= 11 is 0. The van der Waals surface area contributed by atoms with E-state index in [0.29, 0.717) is 13.0 Å². The summed E-state index contributed by atoms with van der Waals surface area (Å²) in [6, 6.07) is 14.7. The molecule has 0 aliphatic rings. The summed E-state index contributed by atoms with van der Waals surface area (Å²) in [5.74, 6) is 0. The summed E-state index contributed by atoms with van der Waals surface area (Å²) in [7, 11) is 0. The smallest absolute Gasteiger partial charge is 0.323 e. The number of hydrogen-bond donors (Lipinski definition) is 4. The largest absolute Gasteiger partial charge is 0.338 e. The van der Waals surface area contributed by atoms with E-state index in [1.807, 2.05) is 48.5 Å². The number of hydrogen-bond acceptors (Lipinski definition) is 2. The van der Waals surface area contributed by atoms with Crippen LogP contribution in [0.1, 0.15) is 5.56 Å². The van der Waals surface area contributed by atoms with Gasteiger partial charge in [-0.1, -0.05) is 24.3 Å². The minimum absolute atomic E-state index is 0.215. The van der Waals surface area contributed by atoms with E-state index in [0.717, 1.165) is 22.3 Å². The van der Waals surface area contributed by atoms with Crippen LogP contribution in [0.25, 0.3) is 11.0 Å². The highest BCUT2D eigenvalue weighted by molar-refractivity contribution is 5.89. The van der Waals surface area contributed by atoms with Gasteiger partial charge in [-0.2, -0.15) is 0 Å². The van der Waals surface area contributed by atoms with Gasteiger partial charge in [0.25, 0.3) is 0 Å². The third kappa shape index (κ3) is 3.35. The van der Waals surface area contributed by atoms with Gasteiger partial charge in [-0.15, -0.1) is 0 Å². The van der Waals surface area contributed by atoms with Gasteiger partial charge in [0.05, 0.1) is 11.0 Å². The lowest BCUT2D eigenvalue weighted by atomic mass is 10.1. The van der Waals surface area contributed by atoms with Crippen molar-refractivity contribution in [1.29, 1.82) is 0 Å². The number of aromatic nitrogens is 2. The number of para-hydroxylation sites is 1. The van der Waals surface area contributed by atoms with Crippen LogP contribution in [0, 0.1) is 0 Å². The van der Waals surface area contributed by atoms with E-state index in [1.54, 1.807) is 0 Å². The summed E-state index contributed by atoms with van der Waals surface area (Å²) in [5.41, 5.74) is 3.14. The zero-order valence-corrected chi connectivity index (χ0v) is 11.8. The van der Waals surface area contributed by atoms with E-state index in [2.05, 4.69) is 20.6 Å². The summed E-state index contributed by atoms with van der Waals surface area (Å²) in [6.45, 7) is 0.513. The van der Waals surface area contributed by atoms with Gasteiger partial charge in [0.2, 0.25) is 0 Å². The van der Waals surface area contributed by atoms with E-state index >= 15 is 0 Å². The van der Waals surface area contributed by atoms with Crippen LogP contribution in [0.2, 0.25) is 0 Å². The van der Waals surface area contributed by atoms with Crippen molar-refractivity contribution >= 4 is 22.8 Å². The van der Waals surface area contributed by atoms with Crippen molar-refractivity contribution < 1.29 is 4.79 Å². The highest BCUT2D eigenvalue weighted by atomic mass is 16.2. The van der Waals surface area contributed by atoms with E-state index in [9.17, 15) is 9.59 Å². The van der Waals surface area contributed by atoms with Crippen molar-refractivity contribution in [3.63, 3.8) is 0 Å². The molecule has 6 nitrogen and oxygen atoms in total. The Labute approximate surface area is 126 Å². The maximum absolute atomic E-state index is 11.7. The van der Waals surface area contributed by atoms with Crippen molar-refractivity contribution in [2.45, 2.75) is 6.42 Å². The molecule has 0 aliphatic carbocycles. The Balaban J connectivity index is 1.53. The van der Waals surface area contributed by atoms with Crippen LogP contribution >= 0.6 is 0 Å². The van der Waals surface area contributed by atoms with Crippen molar-refractivity contribution in [3.8, 4) is 0 Å². The number of urea groups is 1. The first-order chi connectivity index (χ1) is 10.7. The molecule has 6 heteroatoms. The van der Waals surface area contributed by atoms with Crippen LogP contribution in [0.4, 0.5) is 10.5 Å². The minimum Gasteiger partial charge on any atom is -0.338 e. The first kappa shape index (κ1) is 13.9. The molecule has 0 fully saturated rings. The lowest BCUT2D eigenvalue weighted by Crippen LogP contribution is -2.30. The zero-order chi connectivity index (χ0) is 15.4. The molecular formula is C16H16N4O2. The fourth-order valence-corrected chi connectivity index (χ4v) is 2.25. The second-order valence-electron chi connectivity index (χ2n) is 4.96. The van der Waals surface area contributed by atoms with Gasteiger partial charge in [-0.3, -0.25) is 0 Å². The van der Waals surface area contributed by atoms with Crippen molar-refractivity contribution in [2.75, 3.05) is 11.9 Å². The Morgan fingerprint density at radius 1 is 1.00 bits per heavy atom. The molecule has 0 atom stereocenters. The number of carbonyl (C=O) groups excluding carboxylic acids is 1. The van der Waals surface area contributed by atoms with Crippen LogP contribution in [-0.4, -0.2) is 22.5 Å². The number of fused-ring (bicyclic) bond motifs is 1. The minimum atomic E-state index is -0.234. The number of anilines is 1. The molecule has 3 aromatic rings. The Morgan fingerprint density at radius 3 is 2.59 bits per heavy atom. The van der Waals surface area contributed by atoms with Gasteiger partial charge < -0.3 is 20.6 Å². The van der Waals surface area contributed by atoms with Gasteiger partial charge in [-0.25, -0.2) is 9.59 Å².